The fraction of sp³-hybridized carbons (Fsp3) is 0.429. The second-order valence-electron chi connectivity index (χ2n) is 2.32. The summed E-state index contributed by atoms with van der Waals surface area (Å²) in [5.74, 6) is -1.28. The van der Waals surface area contributed by atoms with Crippen molar-refractivity contribution in [3.05, 3.63) is 15.0 Å². The second kappa shape index (κ2) is 4.00. The fourth-order valence-corrected chi connectivity index (χ4v) is 2.01. The Hall–Kier alpha value is -0.420. The van der Waals surface area contributed by atoms with Crippen molar-refractivity contribution in [3.63, 3.8) is 0 Å². The molecule has 0 spiro atoms. The van der Waals surface area contributed by atoms with Gasteiger partial charge in [0.2, 0.25) is 0 Å². The summed E-state index contributed by atoms with van der Waals surface area (Å²) >= 11 is 4.60. The van der Waals surface area contributed by atoms with Crippen LogP contribution in [0.2, 0.25) is 0 Å². The summed E-state index contributed by atoms with van der Waals surface area (Å²) in [6, 6.07) is 0. The quantitative estimate of drug-likeness (QED) is 0.896. The summed E-state index contributed by atoms with van der Waals surface area (Å²) < 4.78 is 0.734. The van der Waals surface area contributed by atoms with Crippen LogP contribution in [-0.4, -0.2) is 16.1 Å². The van der Waals surface area contributed by atoms with Gasteiger partial charge in [-0.1, -0.05) is 6.92 Å². The Morgan fingerprint density at radius 1 is 1.92 bits per heavy atom. The van der Waals surface area contributed by atoms with Crippen molar-refractivity contribution in [2.75, 3.05) is 0 Å². The van der Waals surface area contributed by atoms with Gasteiger partial charge < -0.3 is 5.11 Å². The summed E-state index contributed by atoms with van der Waals surface area (Å²) in [4.78, 5) is 14.7. The van der Waals surface area contributed by atoms with E-state index in [2.05, 4.69) is 20.9 Å². The summed E-state index contributed by atoms with van der Waals surface area (Å²) in [6.45, 7) is 1.84. The number of halogens is 1. The Morgan fingerprint density at radius 3 is 2.92 bits per heavy atom. The maximum Gasteiger partial charge on any atom is 0.312 e. The average molecular weight is 250 g/mol. The minimum Gasteiger partial charge on any atom is -0.481 e. The summed E-state index contributed by atoms with van der Waals surface area (Å²) in [6.07, 6.45) is 0.575. The molecule has 3 nitrogen and oxygen atoms in total. The largest absolute Gasteiger partial charge is 0.481 e. The molecular formula is C7H8BrNO2S. The van der Waals surface area contributed by atoms with Crippen molar-refractivity contribution in [3.8, 4) is 0 Å². The zero-order valence-electron chi connectivity index (χ0n) is 6.45. The van der Waals surface area contributed by atoms with Gasteiger partial charge in [-0.2, -0.15) is 0 Å². The lowest BCUT2D eigenvalue weighted by molar-refractivity contribution is -0.138. The van der Waals surface area contributed by atoms with Crippen LogP contribution in [0, 0.1) is 0 Å². The predicted octanol–water partition coefficient (Wildman–Crippen LogP) is 2.48. The molecule has 1 aromatic heterocycles. The summed E-state index contributed by atoms with van der Waals surface area (Å²) in [5.41, 5.74) is 0.641. The fourth-order valence-electron chi connectivity index (χ4n) is 0.934. The number of nitrogens with zero attached hydrogens (tertiary/aromatic N) is 1. The lowest BCUT2D eigenvalue weighted by Crippen LogP contribution is -2.10. The van der Waals surface area contributed by atoms with Gasteiger partial charge in [-0.15, -0.1) is 11.3 Å². The van der Waals surface area contributed by atoms with E-state index >= 15 is 0 Å². The first kappa shape index (κ1) is 9.67. The maximum atomic E-state index is 10.7. The zero-order chi connectivity index (χ0) is 9.14. The highest BCUT2D eigenvalue weighted by atomic mass is 79.9. The zero-order valence-corrected chi connectivity index (χ0v) is 8.85. The molecule has 0 radical (unpaired) electrons. The molecule has 0 aliphatic carbocycles. The number of carboxylic acid groups (broad SMARTS) is 1. The molecule has 1 heterocycles. The Balaban J connectivity index is 2.87. The second-order valence-corrected chi connectivity index (χ2v) is 4.46. The van der Waals surface area contributed by atoms with Gasteiger partial charge >= 0.3 is 5.97 Å². The number of thiazole rings is 1. The van der Waals surface area contributed by atoms with Gasteiger partial charge in [-0.3, -0.25) is 4.79 Å². The summed E-state index contributed by atoms with van der Waals surface area (Å²) in [5, 5.41) is 10.6. The van der Waals surface area contributed by atoms with Crippen molar-refractivity contribution in [2.24, 2.45) is 0 Å². The van der Waals surface area contributed by atoms with E-state index in [1.54, 1.807) is 5.38 Å². The van der Waals surface area contributed by atoms with Crippen LogP contribution in [-0.2, 0) is 4.79 Å². The molecule has 1 rings (SSSR count). The van der Waals surface area contributed by atoms with Gasteiger partial charge in [0.25, 0.3) is 0 Å². The molecule has 1 unspecified atom stereocenters. The standard InChI is InChI=1S/C7H8BrNO2S/c1-2-4(6(10)11)5-3-12-7(8)9-5/h3-4H,2H2,1H3,(H,10,11). The third-order valence-corrected chi connectivity index (χ3v) is 2.94. The highest BCUT2D eigenvalue weighted by Gasteiger charge is 2.19. The molecule has 0 saturated carbocycles. The number of aromatic nitrogens is 1. The number of rotatable bonds is 3. The van der Waals surface area contributed by atoms with Crippen LogP contribution >= 0.6 is 27.3 Å². The van der Waals surface area contributed by atoms with Crippen LogP contribution in [0.1, 0.15) is 25.0 Å². The normalized spacial score (nSPS) is 12.8. The van der Waals surface area contributed by atoms with Gasteiger partial charge in [-0.05, 0) is 22.4 Å². The molecule has 5 heteroatoms. The van der Waals surface area contributed by atoms with Crippen molar-refractivity contribution >= 4 is 33.2 Å². The molecule has 0 amide bonds. The third-order valence-electron chi connectivity index (χ3n) is 1.56. The van der Waals surface area contributed by atoms with Gasteiger partial charge in [0, 0.05) is 5.38 Å². The van der Waals surface area contributed by atoms with E-state index < -0.39 is 11.9 Å². The molecule has 0 aliphatic rings. The average Bonchev–Trinajstić information content (AvgIpc) is 2.37. The molecule has 0 fully saturated rings. The minimum atomic E-state index is -0.810. The molecule has 1 aromatic rings. The van der Waals surface area contributed by atoms with Gasteiger partial charge in [0.1, 0.15) is 0 Å². The van der Waals surface area contributed by atoms with Crippen molar-refractivity contribution in [1.82, 2.24) is 4.98 Å². The Labute approximate surface area is 82.6 Å². The molecule has 0 bridgehead atoms. The van der Waals surface area contributed by atoms with Crippen LogP contribution in [0.15, 0.2) is 9.30 Å². The lowest BCUT2D eigenvalue weighted by atomic mass is 10.0. The number of hydrogen-bond donors (Lipinski definition) is 1. The first-order valence-corrected chi connectivity index (χ1v) is 5.16. The van der Waals surface area contributed by atoms with Crippen LogP contribution in [0.4, 0.5) is 0 Å². The highest BCUT2D eigenvalue weighted by molar-refractivity contribution is 9.11. The van der Waals surface area contributed by atoms with E-state index in [-0.39, 0.29) is 0 Å². The highest BCUT2D eigenvalue weighted by Crippen LogP contribution is 2.24. The maximum absolute atomic E-state index is 10.7. The van der Waals surface area contributed by atoms with Crippen LogP contribution in [0.3, 0.4) is 0 Å². The first-order chi connectivity index (χ1) is 5.65. The van der Waals surface area contributed by atoms with E-state index in [1.807, 2.05) is 6.92 Å². The molecular weight excluding hydrogens is 242 g/mol. The molecule has 1 atom stereocenters. The Bertz CT molecular complexity index is 287. The first-order valence-electron chi connectivity index (χ1n) is 3.49. The van der Waals surface area contributed by atoms with E-state index in [4.69, 9.17) is 5.11 Å². The van der Waals surface area contributed by atoms with Crippen molar-refractivity contribution in [1.29, 1.82) is 0 Å². The molecule has 0 aliphatic heterocycles. The predicted molar refractivity (Wildman–Crippen MR) is 50.5 cm³/mol. The third kappa shape index (κ3) is 2.04. The van der Waals surface area contributed by atoms with Crippen molar-refractivity contribution in [2.45, 2.75) is 19.3 Å². The van der Waals surface area contributed by atoms with E-state index in [0.717, 1.165) is 3.92 Å². The summed E-state index contributed by atoms with van der Waals surface area (Å²) in [7, 11) is 0. The van der Waals surface area contributed by atoms with Crippen molar-refractivity contribution < 1.29 is 9.90 Å². The SMILES string of the molecule is CCC(C(=O)O)c1csc(Br)n1. The topological polar surface area (TPSA) is 50.2 Å². The molecule has 1 N–H and O–H groups in total. The Kier molecular flexibility index (Phi) is 3.22. The number of carbonyl (C=O) groups is 1. The Morgan fingerprint density at radius 2 is 2.58 bits per heavy atom. The smallest absolute Gasteiger partial charge is 0.312 e. The van der Waals surface area contributed by atoms with Crippen LogP contribution in [0.5, 0.6) is 0 Å². The van der Waals surface area contributed by atoms with Crippen LogP contribution in [0.25, 0.3) is 0 Å². The van der Waals surface area contributed by atoms with Gasteiger partial charge in [0.05, 0.1) is 11.6 Å². The number of carboxylic acids is 1. The molecule has 0 aromatic carbocycles. The van der Waals surface area contributed by atoms with E-state index in [1.165, 1.54) is 11.3 Å². The van der Waals surface area contributed by atoms with E-state index in [9.17, 15) is 4.79 Å². The molecule has 66 valence electrons. The number of hydrogen-bond acceptors (Lipinski definition) is 3. The van der Waals surface area contributed by atoms with E-state index in [0.29, 0.717) is 12.1 Å². The van der Waals surface area contributed by atoms with Gasteiger partial charge in [0.15, 0.2) is 3.92 Å². The van der Waals surface area contributed by atoms with Crippen LogP contribution < -0.4 is 0 Å². The van der Waals surface area contributed by atoms with Gasteiger partial charge in [-0.25, -0.2) is 4.98 Å². The molecule has 12 heavy (non-hydrogen) atoms. The monoisotopic (exact) mass is 249 g/mol. The number of aliphatic carboxylic acids is 1. The minimum absolute atomic E-state index is 0.465. The molecule has 0 saturated heterocycles. The lowest BCUT2D eigenvalue weighted by Gasteiger charge is -2.04.